The SMILES string of the molecule is O=C(OC1C2CC(C1OC(=O)c1ccccc1)C1c3ccc(F)cc3CC21)c1ccccc1. The number of hydrogen-bond acceptors (Lipinski definition) is 4. The lowest BCUT2D eigenvalue weighted by molar-refractivity contribution is -0.0698. The van der Waals surface area contributed by atoms with Crippen LogP contribution in [0.15, 0.2) is 78.9 Å². The molecule has 3 aliphatic carbocycles. The van der Waals surface area contributed by atoms with Crippen molar-refractivity contribution in [3.63, 3.8) is 0 Å². The van der Waals surface area contributed by atoms with E-state index in [1.807, 2.05) is 18.2 Å². The molecule has 166 valence electrons. The van der Waals surface area contributed by atoms with Crippen molar-refractivity contribution in [2.24, 2.45) is 17.8 Å². The van der Waals surface area contributed by atoms with Gasteiger partial charge in [0, 0.05) is 11.8 Å². The molecule has 33 heavy (non-hydrogen) atoms. The summed E-state index contributed by atoms with van der Waals surface area (Å²) in [5.41, 5.74) is 3.10. The maximum absolute atomic E-state index is 13.9. The minimum absolute atomic E-state index is 0.0351. The molecule has 2 saturated carbocycles. The Labute approximate surface area is 191 Å². The molecule has 3 aliphatic rings. The van der Waals surface area contributed by atoms with E-state index in [2.05, 4.69) is 0 Å². The van der Waals surface area contributed by atoms with E-state index in [1.54, 1.807) is 54.6 Å². The highest BCUT2D eigenvalue weighted by Crippen LogP contribution is 2.62. The van der Waals surface area contributed by atoms with Crippen molar-refractivity contribution >= 4 is 11.9 Å². The van der Waals surface area contributed by atoms with Gasteiger partial charge < -0.3 is 9.47 Å². The zero-order valence-corrected chi connectivity index (χ0v) is 17.9. The van der Waals surface area contributed by atoms with E-state index in [-0.39, 0.29) is 29.5 Å². The lowest BCUT2D eigenvalue weighted by atomic mass is 9.76. The number of carbonyl (C=O) groups excluding carboxylic acids is 2. The van der Waals surface area contributed by atoms with Gasteiger partial charge in [0.15, 0.2) is 0 Å². The Balaban J connectivity index is 1.32. The van der Waals surface area contributed by atoms with Gasteiger partial charge in [0.2, 0.25) is 0 Å². The Morgan fingerprint density at radius 1 is 0.727 bits per heavy atom. The summed E-state index contributed by atoms with van der Waals surface area (Å²) < 4.78 is 25.9. The molecule has 0 heterocycles. The number of fused-ring (bicyclic) bond motifs is 7. The van der Waals surface area contributed by atoms with Gasteiger partial charge in [0.05, 0.1) is 11.1 Å². The van der Waals surface area contributed by atoms with Crippen LogP contribution in [-0.2, 0) is 15.9 Å². The maximum atomic E-state index is 13.9. The zero-order chi connectivity index (χ0) is 22.5. The molecule has 0 spiro atoms. The lowest BCUT2D eigenvalue weighted by Gasteiger charge is -2.37. The standard InChI is InChI=1S/C28H23FO4/c29-19-11-12-20-18(13-19)14-21-22-15-23(24(20)21)26(33-28(31)17-9-5-2-6-10-17)25(22)32-27(30)16-7-3-1-4-8-16/h1-13,21-26H,14-15H2. The molecule has 0 aromatic heterocycles. The molecule has 2 bridgehead atoms. The number of esters is 2. The molecule has 0 N–H and O–H groups in total. The fourth-order valence-corrected chi connectivity index (χ4v) is 6.33. The van der Waals surface area contributed by atoms with Gasteiger partial charge in [-0.15, -0.1) is 0 Å². The molecule has 0 radical (unpaired) electrons. The van der Waals surface area contributed by atoms with Crippen LogP contribution in [-0.4, -0.2) is 24.1 Å². The number of carbonyl (C=O) groups is 2. The smallest absolute Gasteiger partial charge is 0.338 e. The molecule has 4 nitrogen and oxygen atoms in total. The first-order valence-corrected chi connectivity index (χ1v) is 11.4. The van der Waals surface area contributed by atoms with Crippen molar-refractivity contribution in [3.8, 4) is 0 Å². The summed E-state index contributed by atoms with van der Waals surface area (Å²) in [5, 5.41) is 0. The van der Waals surface area contributed by atoms with Crippen LogP contribution in [0.3, 0.4) is 0 Å². The van der Waals surface area contributed by atoms with E-state index in [4.69, 9.17) is 9.47 Å². The van der Waals surface area contributed by atoms with Crippen LogP contribution >= 0.6 is 0 Å². The number of ether oxygens (including phenoxy) is 2. The Bertz CT molecular complexity index is 1210. The third-order valence-electron chi connectivity index (χ3n) is 7.61. The number of rotatable bonds is 4. The van der Waals surface area contributed by atoms with Crippen LogP contribution in [0.5, 0.6) is 0 Å². The van der Waals surface area contributed by atoms with Gasteiger partial charge in [-0.2, -0.15) is 0 Å². The summed E-state index contributed by atoms with van der Waals surface area (Å²) in [6.45, 7) is 0. The molecule has 2 fully saturated rings. The third kappa shape index (κ3) is 3.34. The third-order valence-corrected chi connectivity index (χ3v) is 7.61. The van der Waals surface area contributed by atoms with Gasteiger partial charge in [0.1, 0.15) is 18.0 Å². The predicted octanol–water partition coefficient (Wildman–Crippen LogP) is 5.18. The Morgan fingerprint density at radius 2 is 1.30 bits per heavy atom. The maximum Gasteiger partial charge on any atom is 0.338 e. The summed E-state index contributed by atoms with van der Waals surface area (Å²) in [6, 6.07) is 22.7. The van der Waals surface area contributed by atoms with Crippen LogP contribution < -0.4 is 0 Å². The Hall–Kier alpha value is -3.47. The molecule has 6 unspecified atom stereocenters. The average molecular weight is 442 g/mol. The van der Waals surface area contributed by atoms with Crippen LogP contribution in [0.2, 0.25) is 0 Å². The monoisotopic (exact) mass is 442 g/mol. The molecule has 6 atom stereocenters. The van der Waals surface area contributed by atoms with Gasteiger partial charge in [-0.25, -0.2) is 14.0 Å². The van der Waals surface area contributed by atoms with Gasteiger partial charge in [0.25, 0.3) is 0 Å². The highest BCUT2D eigenvalue weighted by Gasteiger charge is 2.63. The Kier molecular flexibility index (Phi) is 4.79. The summed E-state index contributed by atoms with van der Waals surface area (Å²) in [5.74, 6) is -0.516. The van der Waals surface area contributed by atoms with Crippen molar-refractivity contribution < 1.29 is 23.5 Å². The minimum Gasteiger partial charge on any atom is -0.455 e. The van der Waals surface area contributed by atoms with Crippen LogP contribution in [0.25, 0.3) is 0 Å². The molecular formula is C28H23FO4. The first-order chi connectivity index (χ1) is 16.1. The first kappa shape index (κ1) is 20.2. The molecule has 0 aliphatic heterocycles. The molecule has 6 rings (SSSR count). The van der Waals surface area contributed by atoms with Gasteiger partial charge >= 0.3 is 11.9 Å². The number of benzene rings is 3. The van der Waals surface area contributed by atoms with E-state index in [0.717, 1.165) is 24.0 Å². The van der Waals surface area contributed by atoms with E-state index in [1.165, 1.54) is 6.07 Å². The highest BCUT2D eigenvalue weighted by atomic mass is 19.1. The average Bonchev–Trinajstić information content (AvgIpc) is 3.49. The summed E-state index contributed by atoms with van der Waals surface area (Å²) in [7, 11) is 0. The molecule has 5 heteroatoms. The van der Waals surface area contributed by atoms with Crippen molar-refractivity contribution in [1.29, 1.82) is 0 Å². The molecule has 3 aromatic carbocycles. The number of hydrogen-bond donors (Lipinski definition) is 0. The van der Waals surface area contributed by atoms with Crippen molar-refractivity contribution in [1.82, 2.24) is 0 Å². The molecule has 0 amide bonds. The second kappa shape index (κ2) is 7.84. The fraction of sp³-hybridized carbons (Fsp3) is 0.286. The second-order valence-electron chi connectivity index (χ2n) is 9.27. The summed E-state index contributed by atoms with van der Waals surface area (Å²) in [6.07, 6.45) is 0.534. The van der Waals surface area contributed by atoms with E-state index in [9.17, 15) is 14.0 Å². The normalized spacial score (nSPS) is 28.8. The van der Waals surface area contributed by atoms with Gasteiger partial charge in [-0.3, -0.25) is 0 Å². The van der Waals surface area contributed by atoms with Gasteiger partial charge in [-0.05, 0) is 72.2 Å². The largest absolute Gasteiger partial charge is 0.455 e. The van der Waals surface area contributed by atoms with E-state index < -0.39 is 24.1 Å². The van der Waals surface area contributed by atoms with Crippen LogP contribution in [0.4, 0.5) is 4.39 Å². The fourth-order valence-electron chi connectivity index (χ4n) is 6.33. The Morgan fingerprint density at radius 3 is 1.91 bits per heavy atom. The second-order valence-corrected chi connectivity index (χ2v) is 9.27. The molecular weight excluding hydrogens is 419 g/mol. The highest BCUT2D eigenvalue weighted by molar-refractivity contribution is 5.90. The van der Waals surface area contributed by atoms with Gasteiger partial charge in [-0.1, -0.05) is 42.5 Å². The first-order valence-electron chi connectivity index (χ1n) is 11.4. The lowest BCUT2D eigenvalue weighted by Crippen LogP contribution is -2.45. The summed E-state index contributed by atoms with van der Waals surface area (Å²) >= 11 is 0. The van der Waals surface area contributed by atoms with Crippen LogP contribution in [0, 0.1) is 23.6 Å². The van der Waals surface area contributed by atoms with E-state index >= 15 is 0 Å². The molecule has 3 aromatic rings. The quantitative estimate of drug-likeness (QED) is 0.523. The van der Waals surface area contributed by atoms with Crippen molar-refractivity contribution in [2.45, 2.75) is 31.0 Å². The van der Waals surface area contributed by atoms with Crippen LogP contribution in [0.1, 0.15) is 44.2 Å². The number of halogens is 1. The topological polar surface area (TPSA) is 52.6 Å². The van der Waals surface area contributed by atoms with Crippen molar-refractivity contribution in [3.05, 3.63) is 107 Å². The van der Waals surface area contributed by atoms with Crippen molar-refractivity contribution in [2.75, 3.05) is 0 Å². The van der Waals surface area contributed by atoms with E-state index in [0.29, 0.717) is 11.1 Å². The minimum atomic E-state index is -0.535. The summed E-state index contributed by atoms with van der Waals surface area (Å²) in [4.78, 5) is 25.9. The predicted molar refractivity (Wildman–Crippen MR) is 119 cm³/mol. The zero-order valence-electron chi connectivity index (χ0n) is 17.9. The molecule has 0 saturated heterocycles.